The molecule has 0 saturated heterocycles. The van der Waals surface area contributed by atoms with Gasteiger partial charge in [-0.05, 0) is 42.5 Å². The van der Waals surface area contributed by atoms with Crippen molar-refractivity contribution in [3.8, 4) is 5.69 Å². The van der Waals surface area contributed by atoms with Gasteiger partial charge in [0.2, 0.25) is 0 Å². The molecule has 0 aliphatic carbocycles. The van der Waals surface area contributed by atoms with Crippen LogP contribution in [0.2, 0.25) is 0 Å². The van der Waals surface area contributed by atoms with E-state index < -0.39 is 15.8 Å². The Hall–Kier alpha value is -2.60. The van der Waals surface area contributed by atoms with Gasteiger partial charge in [-0.25, -0.2) is 12.8 Å². The van der Waals surface area contributed by atoms with E-state index in [0.717, 1.165) is 6.07 Å². The number of rotatable bonds is 4. The maximum atomic E-state index is 13.2. The van der Waals surface area contributed by atoms with Crippen LogP contribution in [0.3, 0.4) is 0 Å². The first-order valence-corrected chi connectivity index (χ1v) is 8.05. The number of aromatic nitrogens is 1. The summed E-state index contributed by atoms with van der Waals surface area (Å²) < 4.78 is 42.3. The Bertz CT molecular complexity index is 890. The Balaban J connectivity index is 2.00. The second-order valence-corrected chi connectivity index (χ2v) is 6.35. The van der Waals surface area contributed by atoms with Crippen molar-refractivity contribution in [3.05, 3.63) is 78.9 Å². The quantitative estimate of drug-likeness (QED) is 0.802. The Morgan fingerprint density at radius 1 is 0.909 bits per heavy atom. The predicted molar refractivity (Wildman–Crippen MR) is 83.0 cm³/mol. The van der Waals surface area contributed by atoms with Gasteiger partial charge in [-0.2, -0.15) is 0 Å². The topological polar surface area (TPSA) is 51.1 Å². The van der Waals surface area contributed by atoms with Gasteiger partial charge in [0.1, 0.15) is 5.82 Å². The Kier molecular flexibility index (Phi) is 3.68. The van der Waals surface area contributed by atoms with Gasteiger partial charge < -0.3 is 4.57 Å². The number of nitrogens with one attached hydrogen (secondary N) is 1. The zero-order chi connectivity index (χ0) is 15.6. The van der Waals surface area contributed by atoms with E-state index in [1.165, 1.54) is 18.2 Å². The summed E-state index contributed by atoms with van der Waals surface area (Å²) in [5, 5.41) is 0. The average Bonchev–Trinajstić information content (AvgIpc) is 3.01. The summed E-state index contributed by atoms with van der Waals surface area (Å²) in [4.78, 5) is -0.116. The van der Waals surface area contributed by atoms with Gasteiger partial charge in [0.15, 0.2) is 0 Å². The number of hydrogen-bond acceptors (Lipinski definition) is 2. The van der Waals surface area contributed by atoms with Crippen LogP contribution < -0.4 is 4.72 Å². The molecular weight excluding hydrogens is 303 g/mol. The van der Waals surface area contributed by atoms with E-state index in [1.54, 1.807) is 22.8 Å². The van der Waals surface area contributed by atoms with E-state index in [0.29, 0.717) is 11.4 Å². The minimum absolute atomic E-state index is 0.116. The van der Waals surface area contributed by atoms with Crippen molar-refractivity contribution in [2.75, 3.05) is 4.72 Å². The van der Waals surface area contributed by atoms with Gasteiger partial charge >= 0.3 is 0 Å². The first-order valence-electron chi connectivity index (χ1n) is 6.57. The zero-order valence-electron chi connectivity index (χ0n) is 11.5. The molecule has 0 aliphatic heterocycles. The molecule has 2 aromatic carbocycles. The second-order valence-electron chi connectivity index (χ2n) is 4.67. The predicted octanol–water partition coefficient (Wildman–Crippen LogP) is 3.42. The molecule has 4 nitrogen and oxygen atoms in total. The van der Waals surface area contributed by atoms with Crippen molar-refractivity contribution in [1.82, 2.24) is 4.57 Å². The van der Waals surface area contributed by atoms with Gasteiger partial charge in [-0.3, -0.25) is 4.72 Å². The lowest BCUT2D eigenvalue weighted by Crippen LogP contribution is -2.14. The van der Waals surface area contributed by atoms with Crippen LogP contribution in [0, 0.1) is 5.82 Å². The van der Waals surface area contributed by atoms with Crippen molar-refractivity contribution >= 4 is 15.7 Å². The molecule has 1 N–H and O–H groups in total. The average molecular weight is 316 g/mol. The van der Waals surface area contributed by atoms with Crippen molar-refractivity contribution in [2.45, 2.75) is 4.90 Å². The first-order chi connectivity index (χ1) is 10.6. The second kappa shape index (κ2) is 5.65. The van der Waals surface area contributed by atoms with E-state index in [-0.39, 0.29) is 4.90 Å². The molecule has 0 aliphatic rings. The maximum Gasteiger partial charge on any atom is 0.262 e. The fourth-order valence-electron chi connectivity index (χ4n) is 2.12. The molecular formula is C16H13FN2O2S. The van der Waals surface area contributed by atoms with Crippen molar-refractivity contribution < 1.29 is 12.8 Å². The Morgan fingerprint density at radius 3 is 2.36 bits per heavy atom. The highest BCUT2D eigenvalue weighted by atomic mass is 32.2. The monoisotopic (exact) mass is 316 g/mol. The summed E-state index contributed by atoms with van der Waals surface area (Å²) >= 11 is 0. The molecule has 0 amide bonds. The van der Waals surface area contributed by atoms with Crippen molar-refractivity contribution in [1.29, 1.82) is 0 Å². The largest absolute Gasteiger partial charge is 0.322 e. The van der Waals surface area contributed by atoms with Gasteiger partial charge in [0.05, 0.1) is 16.3 Å². The molecule has 6 heteroatoms. The van der Waals surface area contributed by atoms with Crippen LogP contribution in [0.5, 0.6) is 0 Å². The molecule has 0 atom stereocenters. The first kappa shape index (κ1) is 14.3. The fourth-order valence-corrected chi connectivity index (χ4v) is 3.22. The molecule has 0 unspecified atom stereocenters. The fraction of sp³-hybridized carbons (Fsp3) is 0. The number of hydrogen-bond donors (Lipinski definition) is 1. The lowest BCUT2D eigenvalue weighted by Gasteiger charge is -2.13. The summed E-state index contributed by atoms with van der Waals surface area (Å²) in [6.07, 6.45) is 3.63. The summed E-state index contributed by atoms with van der Waals surface area (Å²) in [6.45, 7) is 0. The van der Waals surface area contributed by atoms with Crippen molar-refractivity contribution in [2.24, 2.45) is 0 Å². The molecule has 1 aromatic heterocycles. The smallest absolute Gasteiger partial charge is 0.262 e. The number of halogens is 1. The Labute approximate surface area is 127 Å². The zero-order valence-corrected chi connectivity index (χ0v) is 12.3. The summed E-state index contributed by atoms with van der Waals surface area (Å²) in [6, 6.07) is 15.6. The maximum absolute atomic E-state index is 13.2. The van der Waals surface area contributed by atoms with Crippen LogP contribution in [0.25, 0.3) is 5.69 Å². The molecule has 0 fully saturated rings. The molecule has 1 heterocycles. The lowest BCUT2D eigenvalue weighted by atomic mass is 10.3. The van der Waals surface area contributed by atoms with Crippen LogP contribution in [-0.4, -0.2) is 13.0 Å². The van der Waals surface area contributed by atoms with Crippen molar-refractivity contribution in [3.63, 3.8) is 0 Å². The van der Waals surface area contributed by atoms with E-state index in [1.807, 2.05) is 30.6 Å². The number of para-hydroxylation sites is 2. The van der Waals surface area contributed by atoms with Gasteiger partial charge in [0.25, 0.3) is 10.0 Å². The van der Waals surface area contributed by atoms with E-state index in [2.05, 4.69) is 4.72 Å². The standard InChI is InChI=1S/C16H13FN2O2S/c17-13-6-5-7-14(12-13)22(20,21)18-15-8-1-2-9-16(15)19-10-3-4-11-19/h1-12,18H. The molecule has 3 aromatic rings. The highest BCUT2D eigenvalue weighted by Gasteiger charge is 2.16. The third-order valence-electron chi connectivity index (χ3n) is 3.14. The normalized spacial score (nSPS) is 11.3. The minimum atomic E-state index is -3.85. The summed E-state index contributed by atoms with van der Waals surface area (Å²) in [5.74, 6) is -0.596. The van der Waals surface area contributed by atoms with E-state index in [4.69, 9.17) is 0 Å². The number of benzene rings is 2. The molecule has 3 rings (SSSR count). The molecule has 0 spiro atoms. The van der Waals surface area contributed by atoms with Crippen LogP contribution >= 0.6 is 0 Å². The third kappa shape index (κ3) is 2.87. The van der Waals surface area contributed by atoms with Crippen LogP contribution in [0.1, 0.15) is 0 Å². The minimum Gasteiger partial charge on any atom is -0.322 e. The number of nitrogens with zero attached hydrogens (tertiary/aromatic N) is 1. The molecule has 0 radical (unpaired) electrons. The van der Waals surface area contributed by atoms with Gasteiger partial charge in [-0.15, -0.1) is 0 Å². The number of sulfonamides is 1. The number of anilines is 1. The van der Waals surface area contributed by atoms with Gasteiger partial charge in [0, 0.05) is 12.4 Å². The molecule has 0 saturated carbocycles. The van der Waals surface area contributed by atoms with Crippen LogP contribution in [0.15, 0.2) is 78.0 Å². The highest BCUT2D eigenvalue weighted by Crippen LogP contribution is 2.23. The van der Waals surface area contributed by atoms with Crippen LogP contribution in [-0.2, 0) is 10.0 Å². The Morgan fingerprint density at radius 2 is 1.64 bits per heavy atom. The SMILES string of the molecule is O=S(=O)(Nc1ccccc1-n1cccc1)c1cccc(F)c1. The highest BCUT2D eigenvalue weighted by molar-refractivity contribution is 7.92. The third-order valence-corrected chi connectivity index (χ3v) is 4.50. The van der Waals surface area contributed by atoms with E-state index >= 15 is 0 Å². The molecule has 22 heavy (non-hydrogen) atoms. The molecule has 112 valence electrons. The summed E-state index contributed by atoms with van der Waals surface area (Å²) in [7, 11) is -3.85. The van der Waals surface area contributed by atoms with E-state index in [9.17, 15) is 12.8 Å². The molecule has 0 bridgehead atoms. The van der Waals surface area contributed by atoms with Gasteiger partial charge in [-0.1, -0.05) is 18.2 Å². The summed E-state index contributed by atoms with van der Waals surface area (Å²) in [5.41, 5.74) is 1.11. The van der Waals surface area contributed by atoms with Crippen LogP contribution in [0.4, 0.5) is 10.1 Å². The lowest BCUT2D eigenvalue weighted by molar-refractivity contribution is 0.595.